The van der Waals surface area contributed by atoms with E-state index in [-0.39, 0.29) is 18.2 Å². The first-order chi connectivity index (χ1) is 21.5. The van der Waals surface area contributed by atoms with E-state index in [1.165, 1.54) is 6.92 Å². The third kappa shape index (κ3) is 5.97. The number of hydrogen-bond acceptors (Lipinski definition) is 6. The van der Waals surface area contributed by atoms with E-state index in [0.717, 1.165) is 41.1 Å². The van der Waals surface area contributed by atoms with Crippen LogP contribution < -0.4 is 19.5 Å². The molecular formula is C34H26F3N3O5. The summed E-state index contributed by atoms with van der Waals surface area (Å²) in [5, 5.41) is 7.64. The lowest BCUT2D eigenvalue weighted by atomic mass is 10.0. The molecule has 6 rings (SSSR count). The maximum atomic E-state index is 12.9. The van der Waals surface area contributed by atoms with E-state index < -0.39 is 23.6 Å². The monoisotopic (exact) mass is 613 g/mol. The number of benzene rings is 4. The fourth-order valence-corrected chi connectivity index (χ4v) is 4.98. The van der Waals surface area contributed by atoms with Gasteiger partial charge in [0, 0.05) is 23.7 Å². The molecule has 1 N–H and O–H groups in total. The van der Waals surface area contributed by atoms with Gasteiger partial charge in [0.05, 0.1) is 16.8 Å². The first kappa shape index (κ1) is 29.5. The van der Waals surface area contributed by atoms with Gasteiger partial charge in [-0.2, -0.15) is 23.0 Å². The highest BCUT2D eigenvalue weighted by atomic mass is 19.4. The topological polar surface area (TPSA) is 91.7 Å². The molecule has 0 saturated heterocycles. The highest BCUT2D eigenvalue weighted by Gasteiger charge is 2.30. The Kier molecular flexibility index (Phi) is 7.53. The Morgan fingerprint density at radius 3 is 2.24 bits per heavy atom. The standard InChI is InChI=1S/C34H26F3N3O5/c1-19-4-5-20(2)27(16-19)40-33(45-21(3)41)30(31(39-40)24-10-15-28-29(17-24)44-18-43-28)22-8-13-26(14-9-22)38-32(42)23-6-11-25(12-7-23)34(35,36)37/h4-17H,18H2,1-3H3,(H,38,42). The third-order valence-electron chi connectivity index (χ3n) is 7.23. The van der Waals surface area contributed by atoms with Gasteiger partial charge in [0.25, 0.3) is 5.91 Å². The normalized spacial score (nSPS) is 12.2. The van der Waals surface area contributed by atoms with Crippen molar-refractivity contribution in [2.24, 2.45) is 0 Å². The second-order valence-electron chi connectivity index (χ2n) is 10.5. The molecule has 1 amide bonds. The van der Waals surface area contributed by atoms with E-state index in [0.29, 0.717) is 39.6 Å². The Balaban J connectivity index is 1.42. The summed E-state index contributed by atoms with van der Waals surface area (Å²) in [6.07, 6.45) is -4.50. The molecule has 0 bridgehead atoms. The van der Waals surface area contributed by atoms with Crippen LogP contribution in [0.2, 0.25) is 0 Å². The predicted octanol–water partition coefficient (Wildman–Crippen LogP) is 7.75. The molecule has 0 fully saturated rings. The minimum absolute atomic E-state index is 0.0733. The summed E-state index contributed by atoms with van der Waals surface area (Å²) in [5.41, 5.74) is 4.59. The summed E-state index contributed by atoms with van der Waals surface area (Å²) in [6, 6.07) is 22.0. The number of amides is 1. The number of hydrogen-bond donors (Lipinski definition) is 1. The number of fused-ring (bicyclic) bond motifs is 1. The number of carbonyl (C=O) groups is 2. The Morgan fingerprint density at radius 2 is 1.56 bits per heavy atom. The van der Waals surface area contributed by atoms with Crippen LogP contribution in [0.3, 0.4) is 0 Å². The van der Waals surface area contributed by atoms with E-state index in [9.17, 15) is 22.8 Å². The van der Waals surface area contributed by atoms with Gasteiger partial charge in [-0.1, -0.05) is 24.3 Å². The van der Waals surface area contributed by atoms with Gasteiger partial charge in [-0.05, 0) is 91.2 Å². The molecule has 0 spiro atoms. The van der Waals surface area contributed by atoms with Crippen LogP contribution in [0.1, 0.15) is 34.0 Å². The Hall–Kier alpha value is -5.58. The fraction of sp³-hybridized carbons (Fsp3) is 0.147. The van der Waals surface area contributed by atoms with Crippen LogP contribution in [0.4, 0.5) is 18.9 Å². The number of rotatable bonds is 6. The van der Waals surface area contributed by atoms with Crippen LogP contribution in [0, 0.1) is 13.8 Å². The van der Waals surface area contributed by atoms with E-state index in [1.807, 2.05) is 38.1 Å². The number of esters is 1. The zero-order valence-corrected chi connectivity index (χ0v) is 24.4. The molecule has 11 heteroatoms. The minimum atomic E-state index is -4.50. The Labute approximate surface area is 256 Å². The Bertz CT molecular complexity index is 1930. The molecule has 45 heavy (non-hydrogen) atoms. The summed E-state index contributed by atoms with van der Waals surface area (Å²) in [7, 11) is 0. The van der Waals surface area contributed by atoms with Crippen LogP contribution in [0.25, 0.3) is 28.1 Å². The number of ether oxygens (including phenoxy) is 3. The maximum absolute atomic E-state index is 12.9. The van der Waals surface area contributed by atoms with Crippen molar-refractivity contribution in [2.45, 2.75) is 26.9 Å². The second-order valence-corrected chi connectivity index (χ2v) is 10.5. The number of aryl methyl sites for hydroxylation is 2. The number of carbonyl (C=O) groups excluding carboxylic acids is 2. The van der Waals surface area contributed by atoms with Crippen molar-refractivity contribution in [3.05, 3.63) is 107 Å². The second kappa shape index (κ2) is 11.5. The first-order valence-electron chi connectivity index (χ1n) is 13.9. The highest BCUT2D eigenvalue weighted by molar-refractivity contribution is 6.04. The Morgan fingerprint density at radius 1 is 0.867 bits per heavy atom. The average molecular weight is 614 g/mol. The summed E-state index contributed by atoms with van der Waals surface area (Å²) in [4.78, 5) is 25.2. The smallest absolute Gasteiger partial charge is 0.416 e. The number of aromatic nitrogens is 2. The summed E-state index contributed by atoms with van der Waals surface area (Å²) in [6.45, 7) is 5.29. The van der Waals surface area contributed by atoms with Crippen molar-refractivity contribution in [1.29, 1.82) is 0 Å². The van der Waals surface area contributed by atoms with E-state index in [4.69, 9.17) is 19.3 Å². The van der Waals surface area contributed by atoms with Gasteiger partial charge in [0.15, 0.2) is 11.5 Å². The molecule has 1 aliphatic rings. The highest BCUT2D eigenvalue weighted by Crippen LogP contribution is 2.44. The number of alkyl halides is 3. The number of nitrogens with one attached hydrogen (secondary N) is 1. The molecule has 1 aliphatic heterocycles. The van der Waals surface area contributed by atoms with Gasteiger partial charge in [-0.15, -0.1) is 0 Å². The molecule has 8 nitrogen and oxygen atoms in total. The van der Waals surface area contributed by atoms with E-state index in [2.05, 4.69) is 5.32 Å². The third-order valence-corrected chi connectivity index (χ3v) is 7.23. The van der Waals surface area contributed by atoms with E-state index >= 15 is 0 Å². The largest absolute Gasteiger partial charge is 0.454 e. The lowest BCUT2D eigenvalue weighted by Crippen LogP contribution is -2.12. The van der Waals surface area contributed by atoms with Crippen molar-refractivity contribution < 1.29 is 37.0 Å². The molecule has 5 aromatic rings. The zero-order valence-electron chi connectivity index (χ0n) is 24.4. The molecule has 4 aromatic carbocycles. The van der Waals surface area contributed by atoms with Crippen LogP contribution in [0.5, 0.6) is 17.4 Å². The number of halogens is 3. The number of nitrogens with zero attached hydrogens (tertiary/aromatic N) is 2. The van der Waals surface area contributed by atoms with Gasteiger partial charge in [-0.25, -0.2) is 0 Å². The average Bonchev–Trinajstić information content (AvgIpc) is 3.62. The lowest BCUT2D eigenvalue weighted by Gasteiger charge is -2.12. The van der Waals surface area contributed by atoms with Gasteiger partial charge in [0.1, 0.15) is 5.69 Å². The zero-order chi connectivity index (χ0) is 31.9. The van der Waals surface area contributed by atoms with Gasteiger partial charge in [-0.3, -0.25) is 9.59 Å². The molecule has 1 aromatic heterocycles. The van der Waals surface area contributed by atoms with Crippen LogP contribution in [-0.2, 0) is 11.0 Å². The van der Waals surface area contributed by atoms with Crippen molar-refractivity contribution >= 4 is 17.6 Å². The predicted molar refractivity (Wildman–Crippen MR) is 161 cm³/mol. The van der Waals surface area contributed by atoms with E-state index in [1.54, 1.807) is 41.1 Å². The SMILES string of the molecule is CC(=O)Oc1c(-c2ccc(NC(=O)c3ccc(C(F)(F)F)cc3)cc2)c(-c2ccc3c(c2)OCO3)nn1-c1cc(C)ccc1C. The van der Waals surface area contributed by atoms with Crippen molar-refractivity contribution in [3.8, 4) is 45.5 Å². The molecule has 2 heterocycles. The van der Waals surface area contributed by atoms with Gasteiger partial charge in [0.2, 0.25) is 12.7 Å². The lowest BCUT2D eigenvalue weighted by molar-refractivity contribution is -0.137. The van der Waals surface area contributed by atoms with Crippen LogP contribution in [0.15, 0.2) is 84.9 Å². The van der Waals surface area contributed by atoms with Crippen molar-refractivity contribution in [2.75, 3.05) is 12.1 Å². The number of anilines is 1. The summed E-state index contributed by atoms with van der Waals surface area (Å²) >= 11 is 0. The summed E-state index contributed by atoms with van der Waals surface area (Å²) < 4.78 is 57.3. The van der Waals surface area contributed by atoms with Crippen LogP contribution >= 0.6 is 0 Å². The molecule has 0 unspecified atom stereocenters. The van der Waals surface area contributed by atoms with Crippen molar-refractivity contribution in [1.82, 2.24) is 9.78 Å². The van der Waals surface area contributed by atoms with Gasteiger partial charge < -0.3 is 19.5 Å². The molecule has 0 radical (unpaired) electrons. The molecular weight excluding hydrogens is 587 g/mol. The quantitative estimate of drug-likeness (QED) is 0.197. The first-order valence-corrected chi connectivity index (χ1v) is 13.9. The summed E-state index contributed by atoms with van der Waals surface area (Å²) in [5.74, 6) is 0.240. The maximum Gasteiger partial charge on any atom is 0.416 e. The van der Waals surface area contributed by atoms with Crippen LogP contribution in [-0.4, -0.2) is 28.4 Å². The van der Waals surface area contributed by atoms with Gasteiger partial charge >= 0.3 is 12.1 Å². The minimum Gasteiger partial charge on any atom is -0.454 e. The van der Waals surface area contributed by atoms with Crippen molar-refractivity contribution in [3.63, 3.8) is 0 Å². The molecule has 0 atom stereocenters. The molecule has 0 saturated carbocycles. The molecule has 0 aliphatic carbocycles. The fourth-order valence-electron chi connectivity index (χ4n) is 4.98. The molecule has 228 valence electrons.